The van der Waals surface area contributed by atoms with Crippen LogP contribution in [0.15, 0.2) is 12.1 Å². The number of nitrogens with two attached hydrogens (primary N) is 1. The van der Waals surface area contributed by atoms with Gasteiger partial charge >= 0.3 is 0 Å². The predicted molar refractivity (Wildman–Crippen MR) is 66.6 cm³/mol. The number of carbonyl (C=O) groups excluding carboxylic acids is 1. The number of nitrogens with zero attached hydrogens (tertiary/aromatic N) is 1. The van der Waals surface area contributed by atoms with Crippen LogP contribution in [0.25, 0.3) is 0 Å². The number of nitrogen functional groups attached to an aromatic ring is 1. The number of ether oxygens (including phenoxy) is 2. The van der Waals surface area contributed by atoms with E-state index in [9.17, 15) is 4.79 Å². The van der Waals surface area contributed by atoms with E-state index in [1.807, 2.05) is 0 Å². The van der Waals surface area contributed by atoms with Crippen LogP contribution in [0.4, 0.5) is 5.69 Å². The maximum absolute atomic E-state index is 11.4. The summed E-state index contributed by atoms with van der Waals surface area (Å²) in [4.78, 5) is 12.8. The second-order valence-electron chi connectivity index (χ2n) is 3.60. The van der Waals surface area contributed by atoms with E-state index >= 15 is 0 Å². The number of halogens is 1. The van der Waals surface area contributed by atoms with Gasteiger partial charge in [0.2, 0.25) is 0 Å². The zero-order valence-electron chi connectivity index (χ0n) is 9.99. The smallest absolute Gasteiger partial charge is 0.259 e. The number of carbonyl (C=O) groups is 1. The van der Waals surface area contributed by atoms with Gasteiger partial charge in [-0.1, -0.05) is 11.6 Å². The average Bonchev–Trinajstić information content (AvgIpc) is 2.27. The molecule has 94 valence electrons. The molecule has 0 heterocycles. The number of hydrogen-bond donors (Lipinski definition) is 1. The Bertz CT molecular complexity index is 421. The van der Waals surface area contributed by atoms with Crippen LogP contribution in [0.3, 0.4) is 0 Å². The van der Waals surface area contributed by atoms with Gasteiger partial charge in [0.1, 0.15) is 11.5 Å². The van der Waals surface area contributed by atoms with Gasteiger partial charge in [-0.15, -0.1) is 0 Å². The molecule has 0 fully saturated rings. The van der Waals surface area contributed by atoms with E-state index in [4.69, 9.17) is 26.8 Å². The van der Waals surface area contributed by atoms with E-state index in [1.165, 1.54) is 18.1 Å². The molecule has 0 radical (unpaired) electrons. The predicted octanol–water partition coefficient (Wildman–Crippen LogP) is 1.40. The molecule has 1 aromatic carbocycles. The monoisotopic (exact) mass is 258 g/mol. The van der Waals surface area contributed by atoms with Crippen LogP contribution >= 0.6 is 11.6 Å². The molecule has 0 aliphatic carbocycles. The van der Waals surface area contributed by atoms with E-state index in [2.05, 4.69) is 0 Å². The fraction of sp³-hybridized carbons (Fsp3) is 0.364. The lowest BCUT2D eigenvalue weighted by molar-refractivity contribution is -0.130. The molecule has 17 heavy (non-hydrogen) atoms. The number of hydrogen-bond acceptors (Lipinski definition) is 4. The SMILES string of the molecule is COc1cc(OCC(=O)N(C)C)c(Cl)cc1N. The second-order valence-corrected chi connectivity index (χ2v) is 4.01. The molecule has 0 unspecified atom stereocenters. The molecule has 2 N–H and O–H groups in total. The summed E-state index contributed by atoms with van der Waals surface area (Å²) in [5.41, 5.74) is 6.08. The normalized spacial score (nSPS) is 9.88. The van der Waals surface area contributed by atoms with Gasteiger partial charge in [0, 0.05) is 20.2 Å². The quantitative estimate of drug-likeness (QED) is 0.829. The van der Waals surface area contributed by atoms with Crippen molar-refractivity contribution in [1.82, 2.24) is 4.90 Å². The minimum Gasteiger partial charge on any atom is -0.494 e. The van der Waals surface area contributed by atoms with E-state index in [0.717, 1.165) is 0 Å². The summed E-state index contributed by atoms with van der Waals surface area (Å²) >= 11 is 5.94. The molecule has 1 amide bonds. The Morgan fingerprint density at radius 1 is 1.41 bits per heavy atom. The Kier molecular flexibility index (Phi) is 4.45. The number of benzene rings is 1. The number of anilines is 1. The highest BCUT2D eigenvalue weighted by atomic mass is 35.5. The van der Waals surface area contributed by atoms with Crippen molar-refractivity contribution < 1.29 is 14.3 Å². The zero-order chi connectivity index (χ0) is 13.0. The van der Waals surface area contributed by atoms with Gasteiger partial charge < -0.3 is 20.1 Å². The van der Waals surface area contributed by atoms with E-state index in [0.29, 0.717) is 22.2 Å². The van der Waals surface area contributed by atoms with Crippen LogP contribution in [0.1, 0.15) is 0 Å². The van der Waals surface area contributed by atoms with E-state index in [-0.39, 0.29) is 12.5 Å². The molecular formula is C11H15ClN2O3. The summed E-state index contributed by atoms with van der Waals surface area (Å²) in [5, 5.41) is 0.342. The first kappa shape index (κ1) is 13.4. The molecule has 0 saturated carbocycles. The van der Waals surface area contributed by atoms with Crippen molar-refractivity contribution in [2.45, 2.75) is 0 Å². The third-order valence-corrected chi connectivity index (χ3v) is 2.43. The third-order valence-electron chi connectivity index (χ3n) is 2.13. The lowest BCUT2D eigenvalue weighted by Crippen LogP contribution is -2.27. The van der Waals surface area contributed by atoms with Crippen LogP contribution in [0, 0.1) is 0 Å². The highest BCUT2D eigenvalue weighted by Crippen LogP contribution is 2.34. The highest BCUT2D eigenvalue weighted by Gasteiger charge is 2.11. The molecule has 0 aliphatic rings. The fourth-order valence-corrected chi connectivity index (χ4v) is 1.33. The molecule has 5 nitrogen and oxygen atoms in total. The zero-order valence-corrected chi connectivity index (χ0v) is 10.7. The minimum absolute atomic E-state index is 0.0835. The lowest BCUT2D eigenvalue weighted by Gasteiger charge is -2.13. The summed E-state index contributed by atoms with van der Waals surface area (Å²) < 4.78 is 10.3. The molecule has 0 aliphatic heterocycles. The van der Waals surface area contributed by atoms with Crippen LogP contribution in [-0.4, -0.2) is 38.6 Å². The Morgan fingerprint density at radius 2 is 2.06 bits per heavy atom. The maximum Gasteiger partial charge on any atom is 0.259 e. The first-order chi connectivity index (χ1) is 7.95. The van der Waals surface area contributed by atoms with Crippen LogP contribution in [0.2, 0.25) is 5.02 Å². The first-order valence-electron chi connectivity index (χ1n) is 4.91. The second kappa shape index (κ2) is 5.63. The minimum atomic E-state index is -0.156. The molecule has 0 saturated heterocycles. The summed E-state index contributed by atoms with van der Waals surface area (Å²) in [7, 11) is 4.79. The summed E-state index contributed by atoms with van der Waals surface area (Å²) in [6, 6.07) is 3.08. The molecule has 0 atom stereocenters. The van der Waals surface area contributed by atoms with E-state index in [1.54, 1.807) is 20.2 Å². The number of amides is 1. The average molecular weight is 259 g/mol. The molecule has 0 bridgehead atoms. The Morgan fingerprint density at radius 3 is 2.59 bits per heavy atom. The van der Waals surface area contributed by atoms with Crippen molar-refractivity contribution >= 4 is 23.2 Å². The van der Waals surface area contributed by atoms with Crippen molar-refractivity contribution in [1.29, 1.82) is 0 Å². The molecule has 0 aromatic heterocycles. The number of likely N-dealkylation sites (N-methyl/N-ethyl adjacent to an activating group) is 1. The van der Waals surface area contributed by atoms with Gasteiger partial charge in [-0.25, -0.2) is 0 Å². The summed E-state index contributed by atoms with van der Waals surface area (Å²) in [6.07, 6.45) is 0. The fourth-order valence-electron chi connectivity index (χ4n) is 1.11. The molecule has 6 heteroatoms. The van der Waals surface area contributed by atoms with Crippen molar-refractivity contribution in [2.75, 3.05) is 33.5 Å². The largest absolute Gasteiger partial charge is 0.494 e. The maximum atomic E-state index is 11.4. The van der Waals surface area contributed by atoms with Gasteiger partial charge in [-0.2, -0.15) is 0 Å². The lowest BCUT2D eigenvalue weighted by atomic mass is 10.3. The van der Waals surface area contributed by atoms with Gasteiger partial charge in [0.15, 0.2) is 6.61 Å². The molecular weight excluding hydrogens is 244 g/mol. The molecule has 0 spiro atoms. The van der Waals surface area contributed by atoms with Crippen molar-refractivity contribution in [3.8, 4) is 11.5 Å². The third kappa shape index (κ3) is 3.42. The highest BCUT2D eigenvalue weighted by molar-refractivity contribution is 6.32. The Balaban J connectivity index is 2.81. The molecule has 1 rings (SSSR count). The topological polar surface area (TPSA) is 64.8 Å². The Hall–Kier alpha value is -1.62. The van der Waals surface area contributed by atoms with Gasteiger partial charge in [-0.05, 0) is 6.07 Å². The number of rotatable bonds is 4. The summed E-state index contributed by atoms with van der Waals surface area (Å²) in [6.45, 7) is -0.0835. The van der Waals surface area contributed by atoms with Gasteiger partial charge in [-0.3, -0.25) is 4.79 Å². The molecule has 1 aromatic rings. The first-order valence-corrected chi connectivity index (χ1v) is 5.29. The van der Waals surface area contributed by atoms with Crippen LogP contribution in [0.5, 0.6) is 11.5 Å². The Labute approximate surface area is 105 Å². The number of methoxy groups -OCH3 is 1. The van der Waals surface area contributed by atoms with Crippen LogP contribution < -0.4 is 15.2 Å². The van der Waals surface area contributed by atoms with Crippen molar-refractivity contribution in [3.05, 3.63) is 17.2 Å². The van der Waals surface area contributed by atoms with Gasteiger partial charge in [0.25, 0.3) is 5.91 Å². The summed E-state index contributed by atoms with van der Waals surface area (Å²) in [5.74, 6) is 0.673. The van der Waals surface area contributed by atoms with Crippen molar-refractivity contribution in [2.24, 2.45) is 0 Å². The van der Waals surface area contributed by atoms with E-state index < -0.39 is 0 Å². The van der Waals surface area contributed by atoms with Crippen LogP contribution in [-0.2, 0) is 4.79 Å². The van der Waals surface area contributed by atoms with Gasteiger partial charge in [0.05, 0.1) is 17.8 Å². The van der Waals surface area contributed by atoms with Crippen molar-refractivity contribution in [3.63, 3.8) is 0 Å². The standard InChI is InChI=1S/C11H15ClN2O3/c1-14(2)11(15)6-17-9-5-10(16-3)8(13)4-7(9)12/h4-5H,6,13H2,1-3H3.